The summed E-state index contributed by atoms with van der Waals surface area (Å²) in [6.45, 7) is -0.0472. The molecule has 21 heavy (non-hydrogen) atoms. The molecular weight excluding hydrogens is 345 g/mol. The van der Waals surface area contributed by atoms with Crippen LogP contribution in [0.5, 0.6) is 0 Å². The fraction of sp³-hybridized carbons (Fsp3) is 0.154. The molecule has 110 valence electrons. The number of aromatic nitrogens is 2. The summed E-state index contributed by atoms with van der Waals surface area (Å²) in [7, 11) is 1.28. The SMILES string of the molecule is COC(=O)Cn1cc(NC(=O)c2ccc(F)c(Br)c2)cn1. The molecule has 1 heterocycles. The van der Waals surface area contributed by atoms with Gasteiger partial charge in [0.1, 0.15) is 12.4 Å². The van der Waals surface area contributed by atoms with Gasteiger partial charge in [0.05, 0.1) is 23.5 Å². The van der Waals surface area contributed by atoms with Crippen molar-refractivity contribution < 1.29 is 18.7 Å². The normalized spacial score (nSPS) is 10.2. The molecule has 1 aromatic heterocycles. The molecule has 0 aliphatic rings. The number of halogens is 2. The summed E-state index contributed by atoms with van der Waals surface area (Å²) in [5.41, 5.74) is 0.716. The molecule has 0 fully saturated rings. The van der Waals surface area contributed by atoms with E-state index in [1.807, 2.05) is 0 Å². The lowest BCUT2D eigenvalue weighted by Gasteiger charge is -2.03. The van der Waals surface area contributed by atoms with Crippen LogP contribution in [0.4, 0.5) is 10.1 Å². The van der Waals surface area contributed by atoms with E-state index in [4.69, 9.17) is 0 Å². The van der Waals surface area contributed by atoms with Crippen LogP contribution in [0.2, 0.25) is 0 Å². The van der Waals surface area contributed by atoms with Crippen molar-refractivity contribution in [1.82, 2.24) is 9.78 Å². The van der Waals surface area contributed by atoms with Crippen LogP contribution in [0.1, 0.15) is 10.4 Å². The van der Waals surface area contributed by atoms with Crippen LogP contribution >= 0.6 is 15.9 Å². The van der Waals surface area contributed by atoms with E-state index in [0.29, 0.717) is 11.3 Å². The first-order valence-corrected chi connectivity index (χ1v) is 6.64. The molecule has 1 N–H and O–H groups in total. The molecule has 2 rings (SSSR count). The number of benzene rings is 1. The van der Waals surface area contributed by atoms with E-state index in [1.165, 1.54) is 42.4 Å². The predicted octanol–water partition coefficient (Wildman–Crippen LogP) is 2.21. The number of carbonyl (C=O) groups excluding carboxylic acids is 2. The zero-order chi connectivity index (χ0) is 15.4. The van der Waals surface area contributed by atoms with E-state index < -0.39 is 17.7 Å². The molecule has 6 nitrogen and oxygen atoms in total. The van der Waals surface area contributed by atoms with Crippen LogP contribution in [0, 0.1) is 5.82 Å². The van der Waals surface area contributed by atoms with E-state index in [0.717, 1.165) is 0 Å². The minimum atomic E-state index is -0.447. The number of nitrogens with zero attached hydrogens (tertiary/aromatic N) is 2. The predicted molar refractivity (Wildman–Crippen MR) is 76.3 cm³/mol. The van der Waals surface area contributed by atoms with Gasteiger partial charge in [-0.05, 0) is 34.1 Å². The summed E-state index contributed by atoms with van der Waals surface area (Å²) in [6, 6.07) is 3.94. The monoisotopic (exact) mass is 355 g/mol. The number of methoxy groups -OCH3 is 1. The number of anilines is 1. The van der Waals surface area contributed by atoms with E-state index in [2.05, 4.69) is 31.1 Å². The highest BCUT2D eigenvalue weighted by molar-refractivity contribution is 9.10. The quantitative estimate of drug-likeness (QED) is 0.853. The molecule has 1 aromatic carbocycles. The number of rotatable bonds is 4. The Balaban J connectivity index is 2.05. The standard InChI is InChI=1S/C13H11BrFN3O3/c1-21-12(19)7-18-6-9(5-16-18)17-13(20)8-2-3-11(15)10(14)4-8/h2-6H,7H2,1H3,(H,17,20). The van der Waals surface area contributed by atoms with Gasteiger partial charge in [0, 0.05) is 11.8 Å². The molecular formula is C13H11BrFN3O3. The molecule has 0 unspecified atom stereocenters. The first kappa shape index (κ1) is 15.2. The van der Waals surface area contributed by atoms with Crippen molar-refractivity contribution in [3.8, 4) is 0 Å². The van der Waals surface area contributed by atoms with Crippen molar-refractivity contribution in [2.75, 3.05) is 12.4 Å². The third-order valence-electron chi connectivity index (χ3n) is 2.59. The average molecular weight is 356 g/mol. The minimum absolute atomic E-state index is 0.0472. The van der Waals surface area contributed by atoms with Gasteiger partial charge in [-0.1, -0.05) is 0 Å². The number of nitrogens with one attached hydrogen (secondary N) is 1. The number of hydrogen-bond donors (Lipinski definition) is 1. The van der Waals surface area contributed by atoms with E-state index >= 15 is 0 Å². The summed E-state index contributed by atoms with van der Waals surface area (Å²) < 4.78 is 19.2. The van der Waals surface area contributed by atoms with Gasteiger partial charge in [0.25, 0.3) is 5.91 Å². The molecule has 2 aromatic rings. The van der Waals surface area contributed by atoms with Gasteiger partial charge in [0.2, 0.25) is 0 Å². The maximum Gasteiger partial charge on any atom is 0.327 e. The highest BCUT2D eigenvalue weighted by Crippen LogP contribution is 2.18. The minimum Gasteiger partial charge on any atom is -0.468 e. The second kappa shape index (κ2) is 6.49. The Labute approximate surface area is 128 Å². The average Bonchev–Trinajstić information content (AvgIpc) is 2.88. The zero-order valence-corrected chi connectivity index (χ0v) is 12.6. The molecule has 0 aliphatic heterocycles. The molecule has 0 spiro atoms. The van der Waals surface area contributed by atoms with Crippen LogP contribution in [-0.4, -0.2) is 28.8 Å². The second-order valence-electron chi connectivity index (χ2n) is 4.09. The number of carbonyl (C=O) groups is 2. The Kier molecular flexibility index (Phi) is 4.69. The van der Waals surface area contributed by atoms with Crippen molar-refractivity contribution in [2.24, 2.45) is 0 Å². The first-order chi connectivity index (χ1) is 9.99. The Morgan fingerprint density at radius 3 is 2.90 bits per heavy atom. The smallest absolute Gasteiger partial charge is 0.327 e. The van der Waals surface area contributed by atoms with Crippen molar-refractivity contribution in [3.63, 3.8) is 0 Å². The summed E-state index contributed by atoms with van der Waals surface area (Å²) >= 11 is 3.02. The van der Waals surface area contributed by atoms with Crippen molar-refractivity contribution >= 4 is 33.5 Å². The topological polar surface area (TPSA) is 73.2 Å². The molecule has 0 atom stereocenters. The molecule has 8 heteroatoms. The molecule has 0 bridgehead atoms. The van der Waals surface area contributed by atoms with Crippen LogP contribution in [-0.2, 0) is 16.1 Å². The lowest BCUT2D eigenvalue weighted by atomic mass is 10.2. The van der Waals surface area contributed by atoms with E-state index in [-0.39, 0.29) is 11.0 Å². The van der Waals surface area contributed by atoms with Gasteiger partial charge in [-0.3, -0.25) is 14.3 Å². The van der Waals surface area contributed by atoms with Gasteiger partial charge in [-0.2, -0.15) is 5.10 Å². The number of ether oxygens (including phenoxy) is 1. The Bertz CT molecular complexity index is 687. The fourth-order valence-corrected chi connectivity index (χ4v) is 1.93. The molecule has 0 saturated heterocycles. The Hall–Kier alpha value is -2.22. The van der Waals surface area contributed by atoms with Crippen LogP contribution in [0.3, 0.4) is 0 Å². The summed E-state index contributed by atoms with van der Waals surface area (Å²) in [5, 5.41) is 6.51. The van der Waals surface area contributed by atoms with Gasteiger partial charge in [-0.15, -0.1) is 0 Å². The lowest BCUT2D eigenvalue weighted by molar-refractivity contribution is -0.141. The van der Waals surface area contributed by atoms with Gasteiger partial charge >= 0.3 is 5.97 Å². The van der Waals surface area contributed by atoms with Gasteiger partial charge < -0.3 is 10.1 Å². The third-order valence-corrected chi connectivity index (χ3v) is 3.20. The largest absolute Gasteiger partial charge is 0.468 e. The maximum atomic E-state index is 13.1. The third kappa shape index (κ3) is 3.88. The van der Waals surface area contributed by atoms with E-state index in [9.17, 15) is 14.0 Å². The number of hydrogen-bond acceptors (Lipinski definition) is 4. The lowest BCUT2D eigenvalue weighted by Crippen LogP contribution is -2.13. The first-order valence-electron chi connectivity index (χ1n) is 5.85. The molecule has 0 aliphatic carbocycles. The second-order valence-corrected chi connectivity index (χ2v) is 4.94. The zero-order valence-electron chi connectivity index (χ0n) is 11.0. The number of esters is 1. The van der Waals surface area contributed by atoms with Crippen LogP contribution < -0.4 is 5.32 Å². The maximum absolute atomic E-state index is 13.1. The Morgan fingerprint density at radius 1 is 1.48 bits per heavy atom. The van der Waals surface area contributed by atoms with Gasteiger partial charge in [-0.25, -0.2) is 4.39 Å². The molecule has 1 amide bonds. The van der Waals surface area contributed by atoms with Gasteiger partial charge in [0.15, 0.2) is 0 Å². The van der Waals surface area contributed by atoms with Crippen molar-refractivity contribution in [2.45, 2.75) is 6.54 Å². The Morgan fingerprint density at radius 2 is 2.24 bits per heavy atom. The molecule has 0 radical (unpaired) electrons. The molecule has 0 saturated carbocycles. The summed E-state index contributed by atoms with van der Waals surface area (Å²) in [5.74, 6) is -1.30. The van der Waals surface area contributed by atoms with Crippen molar-refractivity contribution in [3.05, 3.63) is 46.4 Å². The highest BCUT2D eigenvalue weighted by atomic mass is 79.9. The summed E-state index contributed by atoms with van der Waals surface area (Å²) in [4.78, 5) is 23.1. The van der Waals surface area contributed by atoms with Crippen LogP contribution in [0.15, 0.2) is 35.1 Å². The number of amides is 1. The summed E-state index contributed by atoms with van der Waals surface area (Å²) in [6.07, 6.45) is 2.90. The highest BCUT2D eigenvalue weighted by Gasteiger charge is 2.11. The van der Waals surface area contributed by atoms with Crippen LogP contribution in [0.25, 0.3) is 0 Å². The van der Waals surface area contributed by atoms with Crippen molar-refractivity contribution in [1.29, 1.82) is 0 Å². The fourth-order valence-electron chi connectivity index (χ4n) is 1.55. The van der Waals surface area contributed by atoms with E-state index in [1.54, 1.807) is 0 Å².